The summed E-state index contributed by atoms with van der Waals surface area (Å²) in [6, 6.07) is 6.43. The van der Waals surface area contributed by atoms with Gasteiger partial charge in [-0.15, -0.1) is 23.2 Å². The summed E-state index contributed by atoms with van der Waals surface area (Å²) in [5, 5.41) is 4.61. The van der Waals surface area contributed by atoms with Crippen molar-refractivity contribution in [2.75, 3.05) is 11.9 Å². The van der Waals surface area contributed by atoms with Crippen LogP contribution in [0.25, 0.3) is 0 Å². The first-order valence-corrected chi connectivity index (χ1v) is 10.0. The quantitative estimate of drug-likeness (QED) is 0.550. The molecule has 2 N–H and O–H groups in total. The van der Waals surface area contributed by atoms with E-state index in [0.717, 1.165) is 6.07 Å². The van der Waals surface area contributed by atoms with Crippen LogP contribution in [-0.4, -0.2) is 22.7 Å². The zero-order valence-electron chi connectivity index (χ0n) is 14.8. The molecule has 4 nitrogen and oxygen atoms in total. The first-order valence-electron chi connectivity index (χ1n) is 8.49. The molecule has 1 fully saturated rings. The average molecular weight is 482 g/mol. The zero-order chi connectivity index (χ0) is 21.5. The molecule has 0 saturated heterocycles. The van der Waals surface area contributed by atoms with Gasteiger partial charge in [0, 0.05) is 12.5 Å². The van der Waals surface area contributed by atoms with E-state index in [1.807, 2.05) is 0 Å². The van der Waals surface area contributed by atoms with Crippen LogP contribution >= 0.6 is 46.4 Å². The van der Waals surface area contributed by atoms with E-state index in [2.05, 4.69) is 10.6 Å². The van der Waals surface area contributed by atoms with Crippen molar-refractivity contribution in [3.8, 4) is 0 Å². The van der Waals surface area contributed by atoms with Gasteiger partial charge in [-0.05, 0) is 36.8 Å². The normalized spacial score (nSPS) is 19.6. The number of rotatable bonds is 5. The summed E-state index contributed by atoms with van der Waals surface area (Å²) in [6.45, 7) is 1.95. The molecule has 154 valence electrons. The van der Waals surface area contributed by atoms with Crippen molar-refractivity contribution < 1.29 is 18.4 Å². The van der Waals surface area contributed by atoms with Gasteiger partial charge in [-0.1, -0.05) is 29.3 Å². The predicted octanol–water partition coefficient (Wildman–Crippen LogP) is 5.55. The Hall–Kier alpha value is -1.60. The highest BCUT2D eigenvalue weighted by Crippen LogP contribution is 2.65. The minimum atomic E-state index is -1.48. The van der Waals surface area contributed by atoms with E-state index in [0.29, 0.717) is 5.56 Å². The summed E-state index contributed by atoms with van der Waals surface area (Å²) in [5.74, 6) is -4.57. The van der Waals surface area contributed by atoms with Crippen LogP contribution in [0, 0.1) is 17.6 Å². The second-order valence-electron chi connectivity index (χ2n) is 6.44. The van der Waals surface area contributed by atoms with E-state index in [1.165, 1.54) is 24.3 Å². The molecular formula is C19H14Cl4F2N2O2. The fraction of sp³-hybridized carbons (Fsp3) is 0.263. The van der Waals surface area contributed by atoms with E-state index in [1.54, 1.807) is 6.92 Å². The third kappa shape index (κ3) is 4.17. The largest absolute Gasteiger partial charge is 0.352 e. The molecule has 0 bridgehead atoms. The van der Waals surface area contributed by atoms with Crippen molar-refractivity contribution in [2.24, 2.45) is 5.92 Å². The molecule has 10 heteroatoms. The van der Waals surface area contributed by atoms with Crippen LogP contribution in [-0.2, 0) is 4.79 Å². The van der Waals surface area contributed by atoms with Crippen LogP contribution in [0.1, 0.15) is 28.8 Å². The second kappa shape index (κ2) is 8.26. The molecule has 0 aliphatic heterocycles. The third-order valence-corrected chi connectivity index (χ3v) is 6.10. The molecule has 1 aliphatic carbocycles. The highest BCUT2D eigenvalue weighted by molar-refractivity contribution is 6.53. The summed E-state index contributed by atoms with van der Waals surface area (Å²) >= 11 is 24.2. The van der Waals surface area contributed by atoms with Gasteiger partial charge in [0.05, 0.1) is 27.2 Å². The summed E-state index contributed by atoms with van der Waals surface area (Å²) in [6.07, 6.45) is 0. The van der Waals surface area contributed by atoms with E-state index >= 15 is 0 Å². The predicted molar refractivity (Wildman–Crippen MR) is 110 cm³/mol. The smallest absolute Gasteiger partial charge is 0.255 e. The number of nitrogens with one attached hydrogen (secondary N) is 2. The molecule has 2 aromatic rings. The summed E-state index contributed by atoms with van der Waals surface area (Å²) in [4.78, 5) is 24.7. The Morgan fingerprint density at radius 3 is 2.41 bits per heavy atom. The Labute approximate surface area is 185 Å². The Morgan fingerprint density at radius 1 is 1.10 bits per heavy atom. The number of carbonyl (C=O) groups is 2. The molecule has 29 heavy (non-hydrogen) atoms. The molecule has 2 amide bonds. The van der Waals surface area contributed by atoms with Crippen LogP contribution in [0.5, 0.6) is 0 Å². The Morgan fingerprint density at radius 2 is 1.79 bits per heavy atom. The topological polar surface area (TPSA) is 58.2 Å². The van der Waals surface area contributed by atoms with Crippen LogP contribution in [0.4, 0.5) is 14.5 Å². The minimum absolute atomic E-state index is 0.0965. The molecule has 0 heterocycles. The van der Waals surface area contributed by atoms with Gasteiger partial charge in [-0.2, -0.15) is 0 Å². The van der Waals surface area contributed by atoms with E-state index in [9.17, 15) is 18.4 Å². The molecule has 0 aromatic heterocycles. The fourth-order valence-electron chi connectivity index (χ4n) is 3.09. The second-order valence-corrected chi connectivity index (χ2v) is 8.69. The van der Waals surface area contributed by atoms with Gasteiger partial charge in [0.2, 0.25) is 5.91 Å². The van der Waals surface area contributed by atoms with Crippen LogP contribution < -0.4 is 10.6 Å². The molecule has 3 rings (SSSR count). The first-order chi connectivity index (χ1) is 13.6. The van der Waals surface area contributed by atoms with Crippen LogP contribution in [0.3, 0.4) is 0 Å². The van der Waals surface area contributed by atoms with Gasteiger partial charge in [0.25, 0.3) is 5.91 Å². The first kappa shape index (κ1) is 22.1. The van der Waals surface area contributed by atoms with Gasteiger partial charge >= 0.3 is 0 Å². The molecule has 2 atom stereocenters. The number of amides is 2. The van der Waals surface area contributed by atoms with Crippen molar-refractivity contribution in [1.82, 2.24) is 5.32 Å². The van der Waals surface area contributed by atoms with Crippen LogP contribution in [0.2, 0.25) is 10.0 Å². The molecule has 0 spiro atoms. The van der Waals surface area contributed by atoms with Crippen molar-refractivity contribution in [2.45, 2.75) is 17.2 Å². The standard InChI is InChI=1S/C19H14Cl4F2N2O2/c1-2-26-17(28)13-9(20)4-6-12(16(13)25)27-18(29)15-14(19(15,22)23)8-3-5-11(24)10(21)7-8/h3-7,14-15H,2H2,1H3,(H,26,28)(H,27,29)/t14-,15+/m0/s1. The molecular weight excluding hydrogens is 468 g/mol. The van der Waals surface area contributed by atoms with Crippen molar-refractivity contribution in [1.29, 1.82) is 0 Å². The monoisotopic (exact) mass is 480 g/mol. The van der Waals surface area contributed by atoms with Crippen molar-refractivity contribution in [3.05, 3.63) is 63.1 Å². The number of halogens is 6. The van der Waals surface area contributed by atoms with E-state index < -0.39 is 39.6 Å². The maximum Gasteiger partial charge on any atom is 0.255 e. The number of anilines is 1. The lowest BCUT2D eigenvalue weighted by atomic mass is 10.1. The SMILES string of the molecule is CCNC(=O)c1c(Cl)ccc(NC(=O)[C@H]2[C@H](c3ccc(F)c(Cl)c3)C2(Cl)Cl)c1F. The number of alkyl halides is 2. The summed E-state index contributed by atoms with van der Waals surface area (Å²) < 4.78 is 26.7. The lowest BCUT2D eigenvalue weighted by molar-refractivity contribution is -0.117. The molecule has 2 aromatic carbocycles. The highest BCUT2D eigenvalue weighted by Gasteiger charge is 2.67. The molecule has 0 unspecified atom stereocenters. The van der Waals surface area contributed by atoms with Crippen molar-refractivity contribution in [3.63, 3.8) is 0 Å². The van der Waals surface area contributed by atoms with E-state index in [-0.39, 0.29) is 27.8 Å². The van der Waals surface area contributed by atoms with Gasteiger partial charge in [-0.25, -0.2) is 8.78 Å². The number of benzene rings is 2. The van der Waals surface area contributed by atoms with Gasteiger partial charge < -0.3 is 10.6 Å². The summed E-state index contributed by atoms with van der Waals surface area (Å²) in [5.41, 5.74) is -0.152. The van der Waals surface area contributed by atoms with Crippen molar-refractivity contribution >= 4 is 63.9 Å². The van der Waals surface area contributed by atoms with Gasteiger partial charge in [0.1, 0.15) is 10.2 Å². The van der Waals surface area contributed by atoms with Gasteiger partial charge in [0.15, 0.2) is 5.82 Å². The molecule has 0 radical (unpaired) electrons. The Balaban J connectivity index is 1.84. The molecule has 1 saturated carbocycles. The van der Waals surface area contributed by atoms with Gasteiger partial charge in [-0.3, -0.25) is 9.59 Å². The van der Waals surface area contributed by atoms with Crippen LogP contribution in [0.15, 0.2) is 30.3 Å². The minimum Gasteiger partial charge on any atom is -0.352 e. The summed E-state index contributed by atoms with van der Waals surface area (Å²) in [7, 11) is 0. The lowest BCUT2D eigenvalue weighted by Gasteiger charge is -2.11. The van der Waals surface area contributed by atoms with E-state index in [4.69, 9.17) is 46.4 Å². The maximum absolute atomic E-state index is 14.8. The lowest BCUT2D eigenvalue weighted by Crippen LogP contribution is -2.25. The average Bonchev–Trinajstić information content (AvgIpc) is 3.22. The highest BCUT2D eigenvalue weighted by atomic mass is 35.5. The maximum atomic E-state index is 14.8. The number of carbonyl (C=O) groups excluding carboxylic acids is 2. The zero-order valence-corrected chi connectivity index (χ0v) is 17.9. The number of hydrogen-bond acceptors (Lipinski definition) is 2. The Kier molecular flexibility index (Phi) is 6.30. The Bertz CT molecular complexity index is 1000. The third-order valence-electron chi connectivity index (χ3n) is 4.55. The number of hydrogen-bond donors (Lipinski definition) is 2. The fourth-order valence-corrected chi connectivity index (χ4v) is 4.34. The molecule has 1 aliphatic rings.